The Kier molecular flexibility index (Phi) is 4.40. The van der Waals surface area contributed by atoms with Crippen molar-refractivity contribution in [1.29, 1.82) is 0 Å². The molecule has 2 aromatic rings. The summed E-state index contributed by atoms with van der Waals surface area (Å²) in [6, 6.07) is 2.88. The van der Waals surface area contributed by atoms with Crippen molar-refractivity contribution in [3.05, 3.63) is 23.1 Å². The predicted molar refractivity (Wildman–Crippen MR) is 69.9 cm³/mol. The van der Waals surface area contributed by atoms with Crippen molar-refractivity contribution in [2.24, 2.45) is 0 Å². The molecule has 0 spiro atoms. The van der Waals surface area contributed by atoms with E-state index in [1.54, 1.807) is 0 Å². The number of furan rings is 1. The van der Waals surface area contributed by atoms with Crippen LogP contribution in [-0.2, 0) is 4.79 Å². The summed E-state index contributed by atoms with van der Waals surface area (Å²) >= 11 is 7.65. The Hall–Kier alpha value is -1.58. The van der Waals surface area contributed by atoms with Crippen molar-refractivity contribution in [3.8, 4) is 0 Å². The first-order chi connectivity index (χ1) is 9.04. The molecule has 0 saturated heterocycles. The summed E-state index contributed by atoms with van der Waals surface area (Å²) in [7, 11) is 0. The number of nitrogens with zero attached hydrogens (tertiary/aromatic N) is 2. The SMILES string of the molecule is O=C(O)CSc1nnc(NC(=O)c2ccc(Cl)o2)s1. The molecule has 0 atom stereocenters. The third kappa shape index (κ3) is 3.94. The number of halogens is 1. The van der Waals surface area contributed by atoms with Gasteiger partial charge in [0.1, 0.15) is 0 Å². The first kappa shape index (κ1) is 13.8. The zero-order chi connectivity index (χ0) is 13.8. The van der Waals surface area contributed by atoms with Crippen LogP contribution in [0.3, 0.4) is 0 Å². The molecule has 0 radical (unpaired) electrons. The lowest BCUT2D eigenvalue weighted by atomic mass is 10.4. The van der Waals surface area contributed by atoms with Crippen molar-refractivity contribution in [2.45, 2.75) is 4.34 Å². The minimum atomic E-state index is -0.948. The van der Waals surface area contributed by atoms with E-state index >= 15 is 0 Å². The van der Waals surface area contributed by atoms with Crippen LogP contribution >= 0.6 is 34.7 Å². The highest BCUT2D eigenvalue weighted by Crippen LogP contribution is 2.25. The second kappa shape index (κ2) is 6.04. The van der Waals surface area contributed by atoms with Gasteiger partial charge in [-0.1, -0.05) is 23.1 Å². The number of hydrogen-bond acceptors (Lipinski definition) is 7. The Balaban J connectivity index is 1.96. The van der Waals surface area contributed by atoms with Crippen LogP contribution in [0.1, 0.15) is 10.6 Å². The normalized spacial score (nSPS) is 10.4. The van der Waals surface area contributed by atoms with Gasteiger partial charge in [0, 0.05) is 0 Å². The van der Waals surface area contributed by atoms with Crippen molar-refractivity contribution in [2.75, 3.05) is 11.1 Å². The monoisotopic (exact) mass is 319 g/mol. The van der Waals surface area contributed by atoms with Crippen molar-refractivity contribution < 1.29 is 19.1 Å². The first-order valence-electron chi connectivity index (χ1n) is 4.79. The molecule has 2 heterocycles. The predicted octanol–water partition coefficient (Wildman–Crippen LogP) is 2.21. The van der Waals surface area contributed by atoms with E-state index in [0.717, 1.165) is 23.1 Å². The number of amides is 1. The summed E-state index contributed by atoms with van der Waals surface area (Å²) in [4.78, 5) is 22.1. The lowest BCUT2D eigenvalue weighted by Crippen LogP contribution is -2.10. The number of rotatable bonds is 5. The summed E-state index contributed by atoms with van der Waals surface area (Å²) in [5.41, 5.74) is 0. The van der Waals surface area contributed by atoms with Gasteiger partial charge < -0.3 is 9.52 Å². The summed E-state index contributed by atoms with van der Waals surface area (Å²) in [6.45, 7) is 0. The van der Waals surface area contributed by atoms with E-state index in [1.165, 1.54) is 12.1 Å². The van der Waals surface area contributed by atoms with Crippen LogP contribution in [0.4, 0.5) is 5.13 Å². The number of hydrogen-bond donors (Lipinski definition) is 2. The zero-order valence-electron chi connectivity index (χ0n) is 9.12. The smallest absolute Gasteiger partial charge is 0.313 e. The van der Waals surface area contributed by atoms with Crippen LogP contribution < -0.4 is 5.32 Å². The molecule has 0 unspecified atom stereocenters. The van der Waals surface area contributed by atoms with Gasteiger partial charge >= 0.3 is 5.97 Å². The van der Waals surface area contributed by atoms with Crippen LogP contribution in [-0.4, -0.2) is 32.9 Å². The molecule has 2 rings (SSSR count). The van der Waals surface area contributed by atoms with Crippen LogP contribution in [0.15, 0.2) is 20.9 Å². The Labute approximate surface area is 120 Å². The molecule has 0 saturated carbocycles. The van der Waals surface area contributed by atoms with E-state index in [1.807, 2.05) is 0 Å². The highest BCUT2D eigenvalue weighted by Gasteiger charge is 2.14. The number of carboxylic acid groups (broad SMARTS) is 1. The third-order valence-electron chi connectivity index (χ3n) is 1.74. The van der Waals surface area contributed by atoms with E-state index in [9.17, 15) is 9.59 Å². The fourth-order valence-electron chi connectivity index (χ4n) is 1.04. The van der Waals surface area contributed by atoms with E-state index in [0.29, 0.717) is 4.34 Å². The zero-order valence-corrected chi connectivity index (χ0v) is 11.5. The first-order valence-corrected chi connectivity index (χ1v) is 6.97. The summed E-state index contributed by atoms with van der Waals surface area (Å²) in [5, 5.41) is 18.8. The van der Waals surface area contributed by atoms with Crippen LogP contribution in [0.5, 0.6) is 0 Å². The number of anilines is 1. The lowest BCUT2D eigenvalue weighted by molar-refractivity contribution is -0.133. The van der Waals surface area contributed by atoms with Crippen LogP contribution in [0.2, 0.25) is 5.22 Å². The molecule has 19 heavy (non-hydrogen) atoms. The molecular weight excluding hydrogens is 314 g/mol. The summed E-state index contributed by atoms with van der Waals surface area (Å²) < 4.78 is 5.38. The molecule has 0 aromatic carbocycles. The highest BCUT2D eigenvalue weighted by atomic mass is 35.5. The minimum Gasteiger partial charge on any atom is -0.481 e. The molecule has 2 N–H and O–H groups in total. The molecule has 0 fully saturated rings. The molecule has 2 aromatic heterocycles. The second-order valence-electron chi connectivity index (χ2n) is 3.11. The summed E-state index contributed by atoms with van der Waals surface area (Å²) in [5.74, 6) is -1.51. The lowest BCUT2D eigenvalue weighted by Gasteiger charge is -1.95. The maximum atomic E-state index is 11.7. The van der Waals surface area contributed by atoms with E-state index in [2.05, 4.69) is 15.5 Å². The third-order valence-corrected chi connectivity index (χ3v) is 3.90. The van der Waals surface area contributed by atoms with Gasteiger partial charge in [-0.25, -0.2) is 0 Å². The number of aliphatic carboxylic acids is 1. The van der Waals surface area contributed by atoms with Gasteiger partial charge in [-0.05, 0) is 23.7 Å². The van der Waals surface area contributed by atoms with Gasteiger partial charge in [0.15, 0.2) is 15.3 Å². The van der Waals surface area contributed by atoms with Gasteiger partial charge in [-0.15, -0.1) is 10.2 Å². The molecule has 0 aliphatic rings. The average Bonchev–Trinajstić information content (AvgIpc) is 2.95. The van der Waals surface area contributed by atoms with Gasteiger partial charge in [-0.3, -0.25) is 14.9 Å². The molecule has 7 nitrogen and oxygen atoms in total. The Morgan fingerprint density at radius 2 is 2.26 bits per heavy atom. The van der Waals surface area contributed by atoms with Gasteiger partial charge in [0.2, 0.25) is 5.13 Å². The van der Waals surface area contributed by atoms with Gasteiger partial charge in [-0.2, -0.15) is 0 Å². The number of carbonyl (C=O) groups is 2. The van der Waals surface area contributed by atoms with Crippen molar-refractivity contribution in [3.63, 3.8) is 0 Å². The van der Waals surface area contributed by atoms with Crippen molar-refractivity contribution in [1.82, 2.24) is 10.2 Å². The molecule has 0 aliphatic heterocycles. The quantitative estimate of drug-likeness (QED) is 0.643. The average molecular weight is 320 g/mol. The maximum Gasteiger partial charge on any atom is 0.313 e. The molecule has 1 amide bonds. The molecule has 10 heteroatoms. The molecule has 0 bridgehead atoms. The molecule has 0 aliphatic carbocycles. The maximum absolute atomic E-state index is 11.7. The largest absolute Gasteiger partial charge is 0.481 e. The van der Waals surface area contributed by atoms with Gasteiger partial charge in [0.25, 0.3) is 5.91 Å². The fourth-order valence-corrected chi connectivity index (χ4v) is 2.65. The summed E-state index contributed by atoms with van der Waals surface area (Å²) in [6.07, 6.45) is 0. The van der Waals surface area contributed by atoms with Crippen LogP contribution in [0.25, 0.3) is 0 Å². The molecule has 100 valence electrons. The number of thioether (sulfide) groups is 1. The topological polar surface area (TPSA) is 105 Å². The Morgan fingerprint density at radius 1 is 1.47 bits per heavy atom. The number of nitrogens with one attached hydrogen (secondary N) is 1. The fraction of sp³-hybridized carbons (Fsp3) is 0.111. The van der Waals surface area contributed by atoms with E-state index in [-0.39, 0.29) is 21.9 Å². The number of carbonyl (C=O) groups excluding carboxylic acids is 1. The van der Waals surface area contributed by atoms with E-state index < -0.39 is 11.9 Å². The van der Waals surface area contributed by atoms with Crippen LogP contribution in [0, 0.1) is 0 Å². The van der Waals surface area contributed by atoms with E-state index in [4.69, 9.17) is 21.1 Å². The molecular formula is C9H6ClN3O4S2. The standard InChI is InChI=1S/C9H6ClN3O4S2/c10-5-2-1-4(17-5)7(16)11-8-12-13-9(19-8)18-3-6(14)15/h1-2H,3H2,(H,14,15)(H,11,12,16). The highest BCUT2D eigenvalue weighted by molar-refractivity contribution is 8.01. The Morgan fingerprint density at radius 3 is 2.89 bits per heavy atom. The second-order valence-corrected chi connectivity index (χ2v) is 5.69. The minimum absolute atomic E-state index is 0.0555. The Bertz CT molecular complexity index is 612. The van der Waals surface area contributed by atoms with Gasteiger partial charge in [0.05, 0.1) is 5.75 Å². The number of aromatic nitrogens is 2. The van der Waals surface area contributed by atoms with Crippen molar-refractivity contribution >= 4 is 51.7 Å². The number of carboxylic acids is 1.